The summed E-state index contributed by atoms with van der Waals surface area (Å²) in [7, 11) is 3.17. The molecule has 1 aromatic carbocycles. The third-order valence-electron chi connectivity index (χ3n) is 4.86. The van der Waals surface area contributed by atoms with Gasteiger partial charge in [-0.15, -0.1) is 0 Å². The smallest absolute Gasteiger partial charge is 0.321 e. The molecular formula is C18H28N4O3. The predicted octanol–water partition coefficient (Wildman–Crippen LogP) is 1.22. The van der Waals surface area contributed by atoms with E-state index < -0.39 is 6.03 Å². The molecule has 0 radical (unpaired) electrons. The molecule has 1 saturated heterocycles. The number of urea groups is 1. The fraction of sp³-hybridized carbons (Fsp3) is 0.556. The lowest BCUT2D eigenvalue weighted by molar-refractivity contribution is -0.125. The van der Waals surface area contributed by atoms with Crippen molar-refractivity contribution in [3.05, 3.63) is 29.8 Å². The van der Waals surface area contributed by atoms with Crippen LogP contribution >= 0.6 is 0 Å². The average molecular weight is 348 g/mol. The number of amides is 3. The fourth-order valence-corrected chi connectivity index (χ4v) is 3.07. The van der Waals surface area contributed by atoms with Crippen LogP contribution in [0.2, 0.25) is 0 Å². The molecule has 1 aromatic rings. The summed E-state index contributed by atoms with van der Waals surface area (Å²) in [6.07, 6.45) is 0. The summed E-state index contributed by atoms with van der Waals surface area (Å²) in [5.74, 6) is 0.594. The van der Waals surface area contributed by atoms with Gasteiger partial charge < -0.3 is 10.1 Å². The molecule has 2 atom stereocenters. The molecule has 3 amide bonds. The van der Waals surface area contributed by atoms with Crippen LogP contribution in [0.15, 0.2) is 24.3 Å². The number of carbonyl (C=O) groups is 2. The van der Waals surface area contributed by atoms with Gasteiger partial charge in [-0.05, 0) is 31.5 Å². The van der Waals surface area contributed by atoms with Crippen molar-refractivity contribution < 1.29 is 14.3 Å². The zero-order valence-corrected chi connectivity index (χ0v) is 15.4. The van der Waals surface area contributed by atoms with Crippen molar-refractivity contribution in [2.45, 2.75) is 25.9 Å². The topological polar surface area (TPSA) is 73.9 Å². The van der Waals surface area contributed by atoms with Crippen LogP contribution in [0.4, 0.5) is 4.79 Å². The number of imide groups is 1. The van der Waals surface area contributed by atoms with Gasteiger partial charge in [0.2, 0.25) is 5.91 Å². The first kappa shape index (κ1) is 19.2. The Hall–Kier alpha value is -2.12. The summed E-state index contributed by atoms with van der Waals surface area (Å²) < 4.78 is 5.30. The zero-order chi connectivity index (χ0) is 18.4. The highest BCUT2D eigenvalue weighted by Crippen LogP contribution is 2.25. The summed E-state index contributed by atoms with van der Waals surface area (Å²) in [6.45, 7) is 7.34. The molecule has 0 aliphatic carbocycles. The van der Waals surface area contributed by atoms with Gasteiger partial charge >= 0.3 is 6.03 Å². The Kier molecular flexibility index (Phi) is 6.78. The number of hydrogen-bond acceptors (Lipinski definition) is 5. The highest BCUT2D eigenvalue weighted by Gasteiger charge is 2.28. The third-order valence-corrected chi connectivity index (χ3v) is 4.86. The van der Waals surface area contributed by atoms with Gasteiger partial charge in [-0.25, -0.2) is 4.79 Å². The minimum atomic E-state index is -0.470. The van der Waals surface area contributed by atoms with Crippen molar-refractivity contribution in [1.29, 1.82) is 0 Å². The van der Waals surface area contributed by atoms with Gasteiger partial charge in [0.25, 0.3) is 0 Å². The van der Waals surface area contributed by atoms with Crippen molar-refractivity contribution in [3.8, 4) is 5.75 Å². The first-order valence-corrected chi connectivity index (χ1v) is 8.61. The lowest BCUT2D eigenvalue weighted by Gasteiger charge is -2.40. The van der Waals surface area contributed by atoms with Crippen molar-refractivity contribution in [2.24, 2.45) is 0 Å². The molecule has 7 nitrogen and oxygen atoms in total. The first-order chi connectivity index (χ1) is 12.0. The number of benzene rings is 1. The molecule has 2 N–H and O–H groups in total. The Morgan fingerprint density at radius 2 is 1.76 bits per heavy atom. The standard InChI is InChI=1S/C18H28N4O3/c1-13(15-6-5-7-16(12-15)25-4)21-8-10-22(11-9-21)14(2)17(23)20-18(24)19-3/h5-7,12-14H,8-11H2,1-4H3,(H2,19,20,23,24)/t13-,14-/m0/s1. The molecule has 0 unspecified atom stereocenters. The second kappa shape index (κ2) is 8.82. The second-order valence-corrected chi connectivity index (χ2v) is 6.27. The molecule has 1 aliphatic rings. The maximum absolute atomic E-state index is 12.1. The van der Waals surface area contributed by atoms with E-state index in [2.05, 4.69) is 39.5 Å². The van der Waals surface area contributed by atoms with Crippen LogP contribution in [0.25, 0.3) is 0 Å². The third kappa shape index (κ3) is 4.93. The second-order valence-electron chi connectivity index (χ2n) is 6.27. The van der Waals surface area contributed by atoms with Crippen LogP contribution in [-0.2, 0) is 4.79 Å². The number of methoxy groups -OCH3 is 1. The van der Waals surface area contributed by atoms with Crippen LogP contribution in [0.3, 0.4) is 0 Å². The molecule has 0 spiro atoms. The molecular weight excluding hydrogens is 320 g/mol. The Morgan fingerprint density at radius 3 is 2.36 bits per heavy atom. The Morgan fingerprint density at radius 1 is 1.12 bits per heavy atom. The summed E-state index contributed by atoms with van der Waals surface area (Å²) in [4.78, 5) is 27.9. The Balaban J connectivity index is 1.90. The van der Waals surface area contributed by atoms with Gasteiger partial charge in [-0.3, -0.25) is 19.9 Å². The number of hydrogen-bond donors (Lipinski definition) is 2. The minimum Gasteiger partial charge on any atom is -0.497 e. The lowest BCUT2D eigenvalue weighted by Crippen LogP contribution is -2.55. The first-order valence-electron chi connectivity index (χ1n) is 8.61. The number of rotatable bonds is 5. The summed E-state index contributed by atoms with van der Waals surface area (Å²) >= 11 is 0. The van der Waals surface area contributed by atoms with E-state index in [0.717, 1.165) is 31.9 Å². The maximum Gasteiger partial charge on any atom is 0.321 e. The van der Waals surface area contributed by atoms with E-state index in [0.29, 0.717) is 0 Å². The van der Waals surface area contributed by atoms with Gasteiger partial charge in [0.15, 0.2) is 0 Å². The van der Waals surface area contributed by atoms with E-state index in [-0.39, 0.29) is 18.0 Å². The van der Waals surface area contributed by atoms with Crippen LogP contribution in [-0.4, -0.2) is 68.1 Å². The predicted molar refractivity (Wildman–Crippen MR) is 96.6 cm³/mol. The van der Waals surface area contributed by atoms with Crippen molar-refractivity contribution in [3.63, 3.8) is 0 Å². The van der Waals surface area contributed by atoms with Crippen LogP contribution in [0, 0.1) is 0 Å². The van der Waals surface area contributed by atoms with Crippen molar-refractivity contribution in [1.82, 2.24) is 20.4 Å². The summed E-state index contributed by atoms with van der Waals surface area (Å²) in [5.41, 5.74) is 1.22. The molecule has 2 rings (SSSR count). The normalized spacial score (nSPS) is 18.2. The highest BCUT2D eigenvalue weighted by molar-refractivity contribution is 5.96. The van der Waals surface area contributed by atoms with Crippen molar-refractivity contribution in [2.75, 3.05) is 40.3 Å². The van der Waals surface area contributed by atoms with Gasteiger partial charge in [0.05, 0.1) is 13.2 Å². The molecule has 0 bridgehead atoms. The highest BCUT2D eigenvalue weighted by atomic mass is 16.5. The SMILES string of the molecule is CNC(=O)NC(=O)[C@H](C)N1CCN([C@@H](C)c2cccc(OC)c2)CC1. The molecule has 1 heterocycles. The maximum atomic E-state index is 12.1. The molecule has 1 aliphatic heterocycles. The largest absolute Gasteiger partial charge is 0.497 e. The number of nitrogens with one attached hydrogen (secondary N) is 2. The van der Waals surface area contributed by atoms with Crippen LogP contribution < -0.4 is 15.4 Å². The quantitative estimate of drug-likeness (QED) is 0.837. The molecule has 0 saturated carbocycles. The number of carbonyl (C=O) groups excluding carboxylic acids is 2. The average Bonchev–Trinajstić information content (AvgIpc) is 2.66. The van der Waals surface area contributed by atoms with Gasteiger partial charge in [0.1, 0.15) is 5.75 Å². The zero-order valence-electron chi connectivity index (χ0n) is 15.4. The molecule has 1 fully saturated rings. The molecule has 7 heteroatoms. The molecule has 138 valence electrons. The number of ether oxygens (including phenoxy) is 1. The summed E-state index contributed by atoms with van der Waals surface area (Å²) in [5, 5.41) is 4.74. The molecule has 0 aromatic heterocycles. The van der Waals surface area contributed by atoms with E-state index in [1.807, 2.05) is 19.1 Å². The van der Waals surface area contributed by atoms with E-state index in [4.69, 9.17) is 4.74 Å². The lowest BCUT2D eigenvalue weighted by atomic mass is 10.1. The van der Waals surface area contributed by atoms with Gasteiger partial charge in [-0.2, -0.15) is 0 Å². The van der Waals surface area contributed by atoms with E-state index >= 15 is 0 Å². The number of nitrogens with zero attached hydrogens (tertiary/aromatic N) is 2. The van der Waals surface area contributed by atoms with Crippen molar-refractivity contribution >= 4 is 11.9 Å². The van der Waals surface area contributed by atoms with E-state index in [9.17, 15) is 9.59 Å². The van der Waals surface area contributed by atoms with E-state index in [1.54, 1.807) is 7.11 Å². The monoisotopic (exact) mass is 348 g/mol. The van der Waals surface area contributed by atoms with Crippen LogP contribution in [0.5, 0.6) is 5.75 Å². The van der Waals surface area contributed by atoms with Gasteiger partial charge in [-0.1, -0.05) is 12.1 Å². The number of piperazine rings is 1. The molecule has 25 heavy (non-hydrogen) atoms. The Bertz CT molecular complexity index is 600. The fourth-order valence-electron chi connectivity index (χ4n) is 3.07. The van der Waals surface area contributed by atoms with Crippen LogP contribution in [0.1, 0.15) is 25.5 Å². The van der Waals surface area contributed by atoms with Gasteiger partial charge in [0, 0.05) is 39.3 Å². The van der Waals surface area contributed by atoms with E-state index in [1.165, 1.54) is 12.6 Å². The minimum absolute atomic E-state index is 0.270. The summed E-state index contributed by atoms with van der Waals surface area (Å²) in [6, 6.07) is 7.61. The Labute approximate surface area is 149 Å².